The third kappa shape index (κ3) is 4.94. The summed E-state index contributed by atoms with van der Waals surface area (Å²) in [4.78, 5) is 0. The van der Waals surface area contributed by atoms with Crippen LogP contribution >= 0.6 is 0 Å². The molecule has 0 spiro atoms. The molecule has 0 unspecified atom stereocenters. The van der Waals surface area contributed by atoms with Crippen LogP contribution in [0.25, 0.3) is 21.5 Å². The van der Waals surface area contributed by atoms with E-state index in [1.54, 1.807) is 0 Å². The van der Waals surface area contributed by atoms with E-state index in [9.17, 15) is 0 Å². The van der Waals surface area contributed by atoms with Crippen molar-refractivity contribution in [2.75, 3.05) is 0 Å². The summed E-state index contributed by atoms with van der Waals surface area (Å²) in [6.07, 6.45) is 5.81. The zero-order chi connectivity index (χ0) is 16.8. The van der Waals surface area contributed by atoms with Crippen molar-refractivity contribution in [3.05, 3.63) is 109 Å². The minimum absolute atomic E-state index is 0. The zero-order valence-corrected chi connectivity index (χ0v) is 16.0. The molecule has 0 nitrogen and oxygen atoms in total. The Balaban J connectivity index is 0.000000173. The first kappa shape index (κ1) is 19.2. The molecule has 0 fully saturated rings. The molecular formula is C24H22Mg. The fraction of sp³-hybridized carbons (Fsp3) is 0.0833. The molecule has 25 heavy (non-hydrogen) atoms. The fourth-order valence-corrected chi connectivity index (χ4v) is 3.00. The van der Waals surface area contributed by atoms with Gasteiger partial charge in [0.1, 0.15) is 0 Å². The van der Waals surface area contributed by atoms with E-state index in [0.717, 1.165) is 12.8 Å². The Bertz CT molecular complexity index is 806. The largest absolute Gasteiger partial charge is 2.00 e. The van der Waals surface area contributed by atoms with E-state index in [4.69, 9.17) is 0 Å². The van der Waals surface area contributed by atoms with E-state index in [0.29, 0.717) is 0 Å². The second kappa shape index (κ2) is 9.41. The van der Waals surface area contributed by atoms with Gasteiger partial charge in [0.15, 0.2) is 0 Å². The minimum atomic E-state index is 0. The molecule has 0 radical (unpaired) electrons. The van der Waals surface area contributed by atoms with Crippen LogP contribution in [0.2, 0.25) is 0 Å². The van der Waals surface area contributed by atoms with Crippen molar-refractivity contribution < 1.29 is 0 Å². The Morgan fingerprint density at radius 1 is 0.680 bits per heavy atom. The third-order valence-electron chi connectivity index (χ3n) is 4.12. The average Bonchev–Trinajstić information content (AvgIpc) is 3.18. The molecule has 4 rings (SSSR count). The quantitative estimate of drug-likeness (QED) is 0.237. The molecule has 0 saturated carbocycles. The predicted molar refractivity (Wildman–Crippen MR) is 113 cm³/mol. The van der Waals surface area contributed by atoms with E-state index >= 15 is 0 Å². The summed E-state index contributed by atoms with van der Waals surface area (Å²) in [5, 5.41) is 5.31. The Morgan fingerprint density at radius 3 is 1.44 bits per heavy atom. The van der Waals surface area contributed by atoms with Gasteiger partial charge in [-0.2, -0.15) is 12.1 Å². The fourth-order valence-electron chi connectivity index (χ4n) is 3.00. The van der Waals surface area contributed by atoms with Crippen molar-refractivity contribution in [1.82, 2.24) is 0 Å². The smallest absolute Gasteiger partial charge is 0.165 e. The number of hydrogen-bond donors (Lipinski definition) is 0. The first-order valence-corrected chi connectivity index (χ1v) is 8.30. The van der Waals surface area contributed by atoms with E-state index < -0.39 is 0 Å². The molecule has 0 aromatic heterocycles. The van der Waals surface area contributed by atoms with Gasteiger partial charge in [-0.3, -0.25) is 0 Å². The van der Waals surface area contributed by atoms with Gasteiger partial charge in [0.25, 0.3) is 0 Å². The van der Waals surface area contributed by atoms with Crippen molar-refractivity contribution in [2.24, 2.45) is 0 Å². The molecule has 0 heterocycles. The maximum absolute atomic E-state index is 3.73. The van der Waals surface area contributed by atoms with Crippen LogP contribution in [0.5, 0.6) is 0 Å². The molecule has 0 aliphatic rings. The molecule has 0 aliphatic heterocycles. The Labute approximate surface area is 166 Å². The number of rotatable bonds is 4. The molecule has 0 bridgehead atoms. The number of benzene rings is 2. The molecule has 4 aromatic rings. The monoisotopic (exact) mass is 334 g/mol. The van der Waals surface area contributed by atoms with Gasteiger partial charge in [-0.05, 0) is 12.8 Å². The van der Waals surface area contributed by atoms with Crippen molar-refractivity contribution >= 4 is 44.6 Å². The zero-order valence-electron chi connectivity index (χ0n) is 14.6. The van der Waals surface area contributed by atoms with Crippen LogP contribution in [0.3, 0.4) is 0 Å². The number of allylic oxidation sites excluding steroid dienone is 2. The van der Waals surface area contributed by atoms with Crippen LogP contribution in [-0.2, 0) is 12.8 Å². The van der Waals surface area contributed by atoms with E-state index in [2.05, 4.69) is 86.0 Å². The van der Waals surface area contributed by atoms with Gasteiger partial charge in [-0.25, -0.2) is 0 Å². The summed E-state index contributed by atoms with van der Waals surface area (Å²) in [5.74, 6) is 0. The predicted octanol–water partition coefficient (Wildman–Crippen LogP) is 6.19. The second-order valence-electron chi connectivity index (χ2n) is 5.97. The Morgan fingerprint density at radius 2 is 1.08 bits per heavy atom. The van der Waals surface area contributed by atoms with Gasteiger partial charge >= 0.3 is 23.1 Å². The summed E-state index contributed by atoms with van der Waals surface area (Å²) in [6, 6.07) is 25.7. The van der Waals surface area contributed by atoms with Crippen LogP contribution in [-0.4, -0.2) is 23.1 Å². The van der Waals surface area contributed by atoms with Crippen LogP contribution in [0, 0.1) is 0 Å². The van der Waals surface area contributed by atoms with Crippen LogP contribution in [0.15, 0.2) is 98.1 Å². The van der Waals surface area contributed by atoms with Crippen molar-refractivity contribution in [1.29, 1.82) is 0 Å². The molecule has 0 saturated heterocycles. The molecule has 0 N–H and O–H groups in total. The molecule has 0 atom stereocenters. The Hall–Kier alpha value is -2.09. The SMILES string of the molecule is C=CCc1cc2ccccc2[cH-]1.C=CCc1cc2ccccc2[cH-]1.[Mg+2]. The maximum Gasteiger partial charge on any atom is 2.00 e. The van der Waals surface area contributed by atoms with E-state index in [1.807, 2.05) is 12.2 Å². The van der Waals surface area contributed by atoms with Crippen molar-refractivity contribution in [3.8, 4) is 0 Å². The minimum Gasteiger partial charge on any atom is -0.165 e. The second-order valence-corrected chi connectivity index (χ2v) is 5.97. The topological polar surface area (TPSA) is 0 Å². The van der Waals surface area contributed by atoms with Crippen molar-refractivity contribution in [3.63, 3.8) is 0 Å². The summed E-state index contributed by atoms with van der Waals surface area (Å²) >= 11 is 0. The van der Waals surface area contributed by atoms with Crippen LogP contribution in [0.4, 0.5) is 0 Å². The van der Waals surface area contributed by atoms with Gasteiger partial charge < -0.3 is 0 Å². The molecule has 1 heteroatoms. The third-order valence-corrected chi connectivity index (χ3v) is 4.12. The van der Waals surface area contributed by atoms with E-state index in [-0.39, 0.29) is 23.1 Å². The van der Waals surface area contributed by atoms with Crippen molar-refractivity contribution in [2.45, 2.75) is 12.8 Å². The molecule has 0 aliphatic carbocycles. The normalized spacial score (nSPS) is 9.92. The molecule has 0 amide bonds. The first-order valence-electron chi connectivity index (χ1n) is 8.30. The average molecular weight is 335 g/mol. The summed E-state index contributed by atoms with van der Waals surface area (Å²) in [7, 11) is 0. The molecule has 4 aromatic carbocycles. The number of hydrogen-bond acceptors (Lipinski definition) is 0. The first-order chi connectivity index (χ1) is 11.8. The van der Waals surface area contributed by atoms with Gasteiger partial charge in [0, 0.05) is 0 Å². The van der Waals surface area contributed by atoms with E-state index in [1.165, 1.54) is 32.7 Å². The van der Waals surface area contributed by atoms with Gasteiger partial charge in [0.2, 0.25) is 0 Å². The number of fused-ring (bicyclic) bond motifs is 2. The molecule has 120 valence electrons. The summed E-state index contributed by atoms with van der Waals surface area (Å²) in [5.41, 5.74) is 2.71. The van der Waals surface area contributed by atoms with Gasteiger partial charge in [0.05, 0.1) is 0 Å². The Kier molecular flexibility index (Phi) is 7.24. The summed E-state index contributed by atoms with van der Waals surface area (Å²) in [6.45, 7) is 7.45. The standard InChI is InChI=1S/2C12H11.Mg/c2*1-2-5-10-8-11-6-3-4-7-12(11)9-10;/h2*2-4,6-9H,1,5H2;/q2*-1;+2. The van der Waals surface area contributed by atoms with Crippen LogP contribution < -0.4 is 0 Å². The molecular weight excluding hydrogens is 313 g/mol. The summed E-state index contributed by atoms with van der Waals surface area (Å²) < 4.78 is 0. The van der Waals surface area contributed by atoms with Crippen LogP contribution in [0.1, 0.15) is 11.1 Å². The van der Waals surface area contributed by atoms with Gasteiger partial charge in [-0.1, -0.05) is 24.3 Å². The van der Waals surface area contributed by atoms with Gasteiger partial charge in [-0.15, -0.1) is 94.4 Å². The maximum atomic E-state index is 3.73.